The molecule has 1 aliphatic heterocycles. The summed E-state index contributed by atoms with van der Waals surface area (Å²) >= 11 is 0. The van der Waals surface area contributed by atoms with Crippen LogP contribution in [0.4, 0.5) is 0 Å². The summed E-state index contributed by atoms with van der Waals surface area (Å²) in [5.41, 5.74) is 4.35. The second kappa shape index (κ2) is 5.30. The van der Waals surface area contributed by atoms with Crippen LogP contribution in [0.2, 0.25) is 0 Å². The highest BCUT2D eigenvalue weighted by molar-refractivity contribution is 6.13. The molecular formula is C19H16N2O3. The number of rotatable bonds is 1. The standard InChI is InChI=1S/C19H16N2O3/c1-11-5-3-8-16-17(11)19(23)14-7-4-6-13-15(20-24-12(2)22)9-10-21(16)18(13)14/h3-8H,9-10H2,1-2H3/b20-15+. The van der Waals surface area contributed by atoms with Crippen LogP contribution in [-0.2, 0) is 16.2 Å². The van der Waals surface area contributed by atoms with Crippen LogP contribution < -0.4 is 5.43 Å². The van der Waals surface area contributed by atoms with Crippen molar-refractivity contribution in [1.82, 2.24) is 4.57 Å². The number of para-hydroxylation sites is 1. The zero-order valence-corrected chi connectivity index (χ0v) is 13.5. The molecule has 5 heteroatoms. The molecule has 0 N–H and O–H groups in total. The number of hydrogen-bond acceptors (Lipinski definition) is 4. The number of oxime groups is 1. The summed E-state index contributed by atoms with van der Waals surface area (Å²) in [5.74, 6) is -0.452. The van der Waals surface area contributed by atoms with Crippen molar-refractivity contribution in [1.29, 1.82) is 0 Å². The highest BCUT2D eigenvalue weighted by Crippen LogP contribution is 2.28. The first-order valence-corrected chi connectivity index (χ1v) is 7.87. The van der Waals surface area contributed by atoms with Crippen LogP contribution in [0.1, 0.15) is 24.5 Å². The molecule has 1 aromatic heterocycles. The maximum atomic E-state index is 13.0. The zero-order valence-electron chi connectivity index (χ0n) is 13.5. The van der Waals surface area contributed by atoms with Gasteiger partial charge in [0.15, 0.2) is 5.43 Å². The van der Waals surface area contributed by atoms with E-state index in [0.717, 1.165) is 27.5 Å². The molecule has 0 atom stereocenters. The van der Waals surface area contributed by atoms with Crippen molar-refractivity contribution in [3.8, 4) is 0 Å². The van der Waals surface area contributed by atoms with E-state index >= 15 is 0 Å². The molecule has 1 aliphatic rings. The van der Waals surface area contributed by atoms with Gasteiger partial charge in [-0.25, -0.2) is 4.79 Å². The predicted molar refractivity (Wildman–Crippen MR) is 93.4 cm³/mol. The third kappa shape index (κ3) is 2.05. The predicted octanol–water partition coefficient (Wildman–Crippen LogP) is 3.13. The Hall–Kier alpha value is -2.95. The average molecular weight is 320 g/mol. The second-order valence-electron chi connectivity index (χ2n) is 6.02. The number of aryl methyl sites for hydroxylation is 2. The normalized spacial score (nSPS) is 15.2. The van der Waals surface area contributed by atoms with Crippen LogP contribution in [0.15, 0.2) is 46.3 Å². The lowest BCUT2D eigenvalue weighted by atomic mass is 9.96. The molecule has 0 unspecified atom stereocenters. The Morgan fingerprint density at radius 3 is 2.79 bits per heavy atom. The number of carbonyl (C=O) groups is 1. The molecule has 2 heterocycles. The summed E-state index contributed by atoms with van der Waals surface area (Å²) in [4.78, 5) is 28.9. The minimum Gasteiger partial charge on any atom is -0.339 e. The van der Waals surface area contributed by atoms with E-state index in [1.54, 1.807) is 0 Å². The van der Waals surface area contributed by atoms with Gasteiger partial charge in [0.1, 0.15) is 0 Å². The van der Waals surface area contributed by atoms with E-state index in [1.165, 1.54) is 6.92 Å². The molecule has 4 rings (SSSR count). The van der Waals surface area contributed by atoms with Gasteiger partial charge in [-0.3, -0.25) is 4.79 Å². The van der Waals surface area contributed by atoms with Gasteiger partial charge in [0, 0.05) is 36.2 Å². The number of carbonyl (C=O) groups excluding carboxylic acids is 1. The number of nitrogens with zero attached hydrogens (tertiary/aromatic N) is 2. The van der Waals surface area contributed by atoms with Gasteiger partial charge in [0.05, 0.1) is 16.7 Å². The van der Waals surface area contributed by atoms with Crippen LogP contribution in [0.3, 0.4) is 0 Å². The topological polar surface area (TPSA) is 60.7 Å². The third-order valence-electron chi connectivity index (χ3n) is 4.49. The van der Waals surface area contributed by atoms with Gasteiger partial charge in [-0.2, -0.15) is 0 Å². The Morgan fingerprint density at radius 1 is 1.21 bits per heavy atom. The molecule has 0 aliphatic carbocycles. The smallest absolute Gasteiger partial charge is 0.331 e. The molecule has 0 amide bonds. The Labute approximate surface area is 138 Å². The Kier molecular flexibility index (Phi) is 3.23. The number of aromatic nitrogens is 1. The van der Waals surface area contributed by atoms with E-state index in [0.29, 0.717) is 24.1 Å². The zero-order chi connectivity index (χ0) is 16.8. The van der Waals surface area contributed by atoms with Gasteiger partial charge in [-0.1, -0.05) is 29.4 Å². The lowest BCUT2D eigenvalue weighted by molar-refractivity contribution is -0.140. The molecule has 0 saturated heterocycles. The fourth-order valence-electron chi connectivity index (χ4n) is 3.48. The van der Waals surface area contributed by atoms with Gasteiger partial charge < -0.3 is 9.40 Å². The number of benzene rings is 2. The van der Waals surface area contributed by atoms with Crippen molar-refractivity contribution >= 4 is 33.5 Å². The van der Waals surface area contributed by atoms with Crippen LogP contribution in [-0.4, -0.2) is 16.2 Å². The molecule has 0 fully saturated rings. The third-order valence-corrected chi connectivity index (χ3v) is 4.49. The first kappa shape index (κ1) is 14.6. The molecule has 0 radical (unpaired) electrons. The lowest BCUT2D eigenvalue weighted by Crippen LogP contribution is -2.22. The largest absolute Gasteiger partial charge is 0.339 e. The van der Waals surface area contributed by atoms with Gasteiger partial charge in [-0.15, -0.1) is 0 Å². The van der Waals surface area contributed by atoms with Gasteiger partial charge in [0.25, 0.3) is 0 Å². The quantitative estimate of drug-likeness (QED) is 0.393. The van der Waals surface area contributed by atoms with Crippen LogP contribution in [0.5, 0.6) is 0 Å². The van der Waals surface area contributed by atoms with Crippen molar-refractivity contribution in [2.75, 3.05) is 0 Å². The number of fused-ring (bicyclic) bond motifs is 2. The van der Waals surface area contributed by atoms with Crippen molar-refractivity contribution in [3.05, 3.63) is 57.7 Å². The molecule has 2 aromatic carbocycles. The molecule has 0 spiro atoms. The second-order valence-corrected chi connectivity index (χ2v) is 6.02. The van der Waals surface area contributed by atoms with Gasteiger partial charge in [-0.05, 0) is 24.6 Å². The first-order valence-electron chi connectivity index (χ1n) is 7.87. The van der Waals surface area contributed by atoms with Crippen LogP contribution in [0.25, 0.3) is 21.8 Å². The molecule has 120 valence electrons. The van der Waals surface area contributed by atoms with E-state index in [2.05, 4.69) is 9.72 Å². The Bertz CT molecular complexity index is 1090. The number of hydrogen-bond donors (Lipinski definition) is 0. The molecule has 0 bridgehead atoms. The highest BCUT2D eigenvalue weighted by atomic mass is 16.7. The van der Waals surface area contributed by atoms with Crippen molar-refractivity contribution in [2.24, 2.45) is 5.16 Å². The van der Waals surface area contributed by atoms with E-state index in [4.69, 9.17) is 4.84 Å². The highest BCUT2D eigenvalue weighted by Gasteiger charge is 2.22. The average Bonchev–Trinajstić information content (AvgIpc) is 2.57. The van der Waals surface area contributed by atoms with Gasteiger partial charge >= 0.3 is 5.97 Å². The Balaban J connectivity index is 2.13. The van der Waals surface area contributed by atoms with E-state index < -0.39 is 5.97 Å². The number of pyridine rings is 1. The summed E-state index contributed by atoms with van der Waals surface area (Å²) in [6.45, 7) is 3.97. The van der Waals surface area contributed by atoms with Gasteiger partial charge in [0.2, 0.25) is 0 Å². The molecule has 24 heavy (non-hydrogen) atoms. The van der Waals surface area contributed by atoms with Crippen LogP contribution in [0, 0.1) is 6.92 Å². The maximum absolute atomic E-state index is 13.0. The molecule has 3 aromatic rings. The van der Waals surface area contributed by atoms with E-state index in [-0.39, 0.29) is 5.43 Å². The minimum atomic E-state index is -0.452. The molecule has 5 nitrogen and oxygen atoms in total. The first-order chi connectivity index (χ1) is 11.6. The minimum absolute atomic E-state index is 0.0323. The molecule has 0 saturated carbocycles. The summed E-state index contributed by atoms with van der Waals surface area (Å²) in [7, 11) is 0. The molecular weight excluding hydrogens is 304 g/mol. The fraction of sp³-hybridized carbons (Fsp3) is 0.211. The Morgan fingerprint density at radius 2 is 2.00 bits per heavy atom. The van der Waals surface area contributed by atoms with Crippen molar-refractivity contribution < 1.29 is 9.63 Å². The fourth-order valence-corrected chi connectivity index (χ4v) is 3.48. The van der Waals surface area contributed by atoms with Crippen molar-refractivity contribution in [2.45, 2.75) is 26.8 Å². The summed E-state index contributed by atoms with van der Waals surface area (Å²) < 4.78 is 2.17. The van der Waals surface area contributed by atoms with Crippen molar-refractivity contribution in [3.63, 3.8) is 0 Å². The lowest BCUT2D eigenvalue weighted by Gasteiger charge is -2.23. The maximum Gasteiger partial charge on any atom is 0.331 e. The summed E-state index contributed by atoms with van der Waals surface area (Å²) in [5, 5.41) is 5.42. The van der Waals surface area contributed by atoms with E-state index in [1.807, 2.05) is 43.3 Å². The summed E-state index contributed by atoms with van der Waals surface area (Å²) in [6.07, 6.45) is 0.644. The SMILES string of the molecule is CC(=O)O/N=C1\CCn2c3cccc(C)c3c(=O)c3cccc1c32. The van der Waals surface area contributed by atoms with Crippen LogP contribution >= 0.6 is 0 Å². The summed E-state index contributed by atoms with van der Waals surface area (Å²) in [6, 6.07) is 11.5. The monoisotopic (exact) mass is 320 g/mol. The van der Waals surface area contributed by atoms with E-state index in [9.17, 15) is 9.59 Å².